The monoisotopic (exact) mass is 191 g/mol. The topological polar surface area (TPSA) is 94.6 Å². The zero-order valence-corrected chi connectivity index (χ0v) is 6.88. The molecule has 0 bridgehead atoms. The number of phenols is 2. The van der Waals surface area contributed by atoms with Crippen molar-refractivity contribution in [2.75, 3.05) is 0 Å². The second-order valence-corrected chi connectivity index (χ2v) is 2.62. The molecule has 2 rings (SSSR count). The molecule has 6 heteroatoms. The molecule has 0 saturated carbocycles. The van der Waals surface area contributed by atoms with Gasteiger partial charge in [-0.05, 0) is 12.1 Å². The molecule has 0 fully saturated rings. The van der Waals surface area contributed by atoms with E-state index in [0.717, 1.165) is 6.07 Å². The lowest BCUT2D eigenvalue weighted by Crippen LogP contribution is -1.94. The molecule has 0 spiro atoms. The fraction of sp³-hybridized carbons (Fsp3) is 0. The minimum absolute atomic E-state index is 0.0486. The minimum atomic E-state index is -0.701. The van der Waals surface area contributed by atoms with E-state index >= 15 is 0 Å². The molecular weight excluding hydrogens is 186 g/mol. The number of carbonyl (C=O) groups excluding carboxylic acids is 1. The van der Waals surface area contributed by atoms with Gasteiger partial charge in [0.15, 0.2) is 5.84 Å². The van der Waals surface area contributed by atoms with Crippen LogP contribution in [0.4, 0.5) is 4.79 Å². The number of aromatic hydroxyl groups is 2. The predicted octanol–water partition coefficient (Wildman–Crippen LogP) is 1.43. The van der Waals surface area contributed by atoms with E-state index in [-0.39, 0.29) is 22.9 Å². The van der Waals surface area contributed by atoms with E-state index in [1.807, 2.05) is 0 Å². The third kappa shape index (κ3) is 1.33. The molecule has 2 amide bonds. The third-order valence-corrected chi connectivity index (χ3v) is 1.65. The van der Waals surface area contributed by atoms with Gasteiger partial charge in [-0.1, -0.05) is 5.11 Å². The normalized spacial score (nSPS) is 14.6. The van der Waals surface area contributed by atoms with Crippen molar-refractivity contribution >= 4 is 11.9 Å². The number of phenolic OH excluding ortho intramolecular Hbond substituents is 2. The Labute approximate surface area is 78.2 Å². The van der Waals surface area contributed by atoms with Crippen molar-refractivity contribution in [1.82, 2.24) is 0 Å². The highest BCUT2D eigenvalue weighted by atomic mass is 16.3. The Morgan fingerprint density at radius 3 is 2.50 bits per heavy atom. The molecule has 1 aliphatic heterocycles. The average Bonchev–Trinajstić information content (AvgIpc) is 2.51. The third-order valence-electron chi connectivity index (χ3n) is 1.65. The van der Waals surface area contributed by atoms with Crippen LogP contribution in [0.2, 0.25) is 0 Å². The highest BCUT2D eigenvalue weighted by Gasteiger charge is 2.15. The van der Waals surface area contributed by atoms with Crippen molar-refractivity contribution in [3.05, 3.63) is 23.8 Å². The maximum Gasteiger partial charge on any atom is 0.387 e. The van der Waals surface area contributed by atoms with Gasteiger partial charge in [0, 0.05) is 6.07 Å². The van der Waals surface area contributed by atoms with Crippen LogP contribution in [0.25, 0.3) is 0 Å². The summed E-state index contributed by atoms with van der Waals surface area (Å²) in [5, 5.41) is 25.0. The van der Waals surface area contributed by atoms with Crippen LogP contribution in [0.15, 0.2) is 33.4 Å². The Bertz CT molecular complexity index is 465. The first-order valence-electron chi connectivity index (χ1n) is 3.73. The molecule has 0 unspecified atom stereocenters. The SMILES string of the molecule is O=C1N=NC(c2ccc(O)cc2O)=N1. The summed E-state index contributed by atoms with van der Waals surface area (Å²) >= 11 is 0. The number of carbonyl (C=O) groups is 1. The Morgan fingerprint density at radius 1 is 1.14 bits per heavy atom. The zero-order chi connectivity index (χ0) is 10.1. The smallest absolute Gasteiger partial charge is 0.387 e. The molecule has 2 N–H and O–H groups in total. The van der Waals surface area contributed by atoms with E-state index < -0.39 is 6.03 Å². The molecule has 14 heavy (non-hydrogen) atoms. The van der Waals surface area contributed by atoms with Crippen molar-refractivity contribution in [2.24, 2.45) is 15.2 Å². The number of hydrogen-bond donors (Lipinski definition) is 2. The van der Waals surface area contributed by atoms with Crippen LogP contribution >= 0.6 is 0 Å². The summed E-state index contributed by atoms with van der Waals surface area (Å²) < 4.78 is 0. The quantitative estimate of drug-likeness (QED) is 0.702. The van der Waals surface area contributed by atoms with Gasteiger partial charge in [0.05, 0.1) is 5.56 Å². The van der Waals surface area contributed by atoms with Crippen LogP contribution in [-0.2, 0) is 0 Å². The number of amides is 2. The number of azo groups is 1. The molecule has 0 aliphatic carbocycles. The van der Waals surface area contributed by atoms with Gasteiger partial charge >= 0.3 is 6.03 Å². The van der Waals surface area contributed by atoms with Gasteiger partial charge in [-0.15, -0.1) is 5.11 Å². The van der Waals surface area contributed by atoms with E-state index in [9.17, 15) is 9.90 Å². The fourth-order valence-electron chi connectivity index (χ4n) is 1.05. The highest BCUT2D eigenvalue weighted by molar-refractivity contribution is 6.09. The molecule has 6 nitrogen and oxygen atoms in total. The lowest BCUT2D eigenvalue weighted by Gasteiger charge is -2.00. The van der Waals surface area contributed by atoms with E-state index in [2.05, 4.69) is 15.2 Å². The second-order valence-electron chi connectivity index (χ2n) is 2.62. The molecule has 0 aromatic heterocycles. The van der Waals surface area contributed by atoms with Crippen LogP contribution < -0.4 is 0 Å². The van der Waals surface area contributed by atoms with Gasteiger partial charge in [0.2, 0.25) is 0 Å². The standard InChI is InChI=1S/C8H5N3O3/c12-4-1-2-5(6(13)3-4)7-9-8(14)11-10-7/h1-3,12-13H. The first-order valence-corrected chi connectivity index (χ1v) is 3.73. The summed E-state index contributed by atoms with van der Waals surface area (Å²) in [4.78, 5) is 14.1. The molecule has 1 heterocycles. The van der Waals surface area contributed by atoms with Crippen molar-refractivity contribution < 1.29 is 15.0 Å². The molecule has 1 aromatic rings. The summed E-state index contributed by atoms with van der Waals surface area (Å²) in [5.74, 6) is -0.224. The van der Waals surface area contributed by atoms with Crippen LogP contribution in [0.1, 0.15) is 5.56 Å². The van der Waals surface area contributed by atoms with Crippen LogP contribution in [0.3, 0.4) is 0 Å². The Morgan fingerprint density at radius 2 is 1.93 bits per heavy atom. The summed E-state index contributed by atoms with van der Waals surface area (Å²) in [6.45, 7) is 0. The molecule has 1 aromatic carbocycles. The zero-order valence-electron chi connectivity index (χ0n) is 6.88. The van der Waals surface area contributed by atoms with Crippen molar-refractivity contribution in [2.45, 2.75) is 0 Å². The highest BCUT2D eigenvalue weighted by Crippen LogP contribution is 2.24. The lowest BCUT2D eigenvalue weighted by atomic mass is 10.2. The molecule has 0 radical (unpaired) electrons. The van der Waals surface area contributed by atoms with Crippen LogP contribution in [-0.4, -0.2) is 22.1 Å². The maximum absolute atomic E-state index is 10.6. The molecule has 0 saturated heterocycles. The molecule has 70 valence electrons. The average molecular weight is 191 g/mol. The van der Waals surface area contributed by atoms with Gasteiger partial charge in [-0.3, -0.25) is 0 Å². The van der Waals surface area contributed by atoms with E-state index in [0.29, 0.717) is 0 Å². The Hall–Kier alpha value is -2.24. The number of hydrogen-bond acceptors (Lipinski definition) is 4. The van der Waals surface area contributed by atoms with Gasteiger partial charge in [-0.25, -0.2) is 4.79 Å². The van der Waals surface area contributed by atoms with Gasteiger partial charge < -0.3 is 10.2 Å². The molecular formula is C8H5N3O3. The van der Waals surface area contributed by atoms with Crippen molar-refractivity contribution in [1.29, 1.82) is 0 Å². The van der Waals surface area contributed by atoms with E-state index in [1.54, 1.807) is 0 Å². The van der Waals surface area contributed by atoms with Crippen LogP contribution in [0, 0.1) is 0 Å². The van der Waals surface area contributed by atoms with Crippen molar-refractivity contribution in [3.63, 3.8) is 0 Å². The second kappa shape index (κ2) is 2.91. The Balaban J connectivity index is 2.48. The fourth-order valence-corrected chi connectivity index (χ4v) is 1.05. The number of urea groups is 1. The first kappa shape index (κ1) is 8.36. The molecule has 0 atom stereocenters. The van der Waals surface area contributed by atoms with Gasteiger partial charge in [-0.2, -0.15) is 4.99 Å². The predicted molar refractivity (Wildman–Crippen MR) is 46.6 cm³/mol. The number of nitrogens with zero attached hydrogens (tertiary/aromatic N) is 3. The van der Waals surface area contributed by atoms with Crippen LogP contribution in [0.5, 0.6) is 11.5 Å². The minimum Gasteiger partial charge on any atom is -0.508 e. The summed E-state index contributed by atoms with van der Waals surface area (Å²) in [6, 6.07) is 3.19. The molecule has 1 aliphatic rings. The number of benzene rings is 1. The largest absolute Gasteiger partial charge is 0.508 e. The summed E-state index contributed by atoms with van der Waals surface area (Å²) in [7, 11) is 0. The summed E-state index contributed by atoms with van der Waals surface area (Å²) in [6.07, 6.45) is 0. The van der Waals surface area contributed by atoms with E-state index in [1.165, 1.54) is 12.1 Å². The number of amidine groups is 1. The number of rotatable bonds is 1. The maximum atomic E-state index is 10.6. The van der Waals surface area contributed by atoms with E-state index in [4.69, 9.17) is 5.11 Å². The van der Waals surface area contributed by atoms with Gasteiger partial charge in [0.1, 0.15) is 11.5 Å². The van der Waals surface area contributed by atoms with Crippen molar-refractivity contribution in [3.8, 4) is 11.5 Å². The number of aliphatic imine (C=N–C) groups is 1. The van der Waals surface area contributed by atoms with Gasteiger partial charge in [0.25, 0.3) is 0 Å². The Kier molecular flexibility index (Phi) is 1.74. The first-order chi connectivity index (χ1) is 6.66. The summed E-state index contributed by atoms with van der Waals surface area (Å²) in [5.41, 5.74) is 0.261. The lowest BCUT2D eigenvalue weighted by molar-refractivity contribution is 0.257.